The molecule has 0 saturated carbocycles. The van der Waals surface area contributed by atoms with E-state index in [1.807, 2.05) is 0 Å². The number of hydrogen-bond acceptors (Lipinski definition) is 4. The Morgan fingerprint density at radius 3 is 3.00 bits per heavy atom. The molecule has 2 rings (SSSR count). The first-order valence-corrected chi connectivity index (χ1v) is 5.78. The lowest BCUT2D eigenvalue weighted by atomic mass is 10.2. The minimum absolute atomic E-state index is 0.136. The van der Waals surface area contributed by atoms with Crippen molar-refractivity contribution in [3.63, 3.8) is 0 Å². The van der Waals surface area contributed by atoms with E-state index in [1.54, 1.807) is 19.1 Å². The number of ether oxygens (including phenoxy) is 1. The smallest absolute Gasteiger partial charge is 0.272 e. The van der Waals surface area contributed by atoms with E-state index < -0.39 is 0 Å². The van der Waals surface area contributed by atoms with Gasteiger partial charge in [0.15, 0.2) is 0 Å². The summed E-state index contributed by atoms with van der Waals surface area (Å²) in [5, 5.41) is 14.0. The highest BCUT2D eigenvalue weighted by Gasteiger charge is 2.15. The molecule has 1 atom stereocenters. The van der Waals surface area contributed by atoms with Crippen LogP contribution >= 0.6 is 0 Å². The Kier molecular flexibility index (Phi) is 3.58. The van der Waals surface area contributed by atoms with Gasteiger partial charge in [0.05, 0.1) is 4.92 Å². The summed E-state index contributed by atoms with van der Waals surface area (Å²) in [6.07, 6.45) is 2.32. The summed E-state index contributed by atoms with van der Waals surface area (Å²) >= 11 is 0. The van der Waals surface area contributed by atoms with Gasteiger partial charge < -0.3 is 10.1 Å². The minimum Gasteiger partial charge on any atom is -0.492 e. The van der Waals surface area contributed by atoms with Gasteiger partial charge in [0, 0.05) is 17.7 Å². The third-order valence-electron chi connectivity index (χ3n) is 2.98. The molecule has 92 valence electrons. The Labute approximate surface area is 99.9 Å². The molecule has 0 spiro atoms. The summed E-state index contributed by atoms with van der Waals surface area (Å²) < 4.78 is 5.62. The van der Waals surface area contributed by atoms with Crippen molar-refractivity contribution in [1.29, 1.82) is 0 Å². The van der Waals surface area contributed by atoms with Gasteiger partial charge in [-0.1, -0.05) is 0 Å². The molecule has 0 aliphatic carbocycles. The van der Waals surface area contributed by atoms with Crippen LogP contribution in [-0.4, -0.2) is 24.1 Å². The molecule has 1 aliphatic heterocycles. The second-order valence-electron chi connectivity index (χ2n) is 4.31. The molecule has 0 bridgehead atoms. The van der Waals surface area contributed by atoms with Gasteiger partial charge in [0.2, 0.25) is 0 Å². The second-order valence-corrected chi connectivity index (χ2v) is 4.31. The Bertz CT molecular complexity index is 414. The Balaban J connectivity index is 1.97. The van der Waals surface area contributed by atoms with E-state index >= 15 is 0 Å². The van der Waals surface area contributed by atoms with E-state index in [9.17, 15) is 10.1 Å². The molecule has 1 aromatic carbocycles. The van der Waals surface area contributed by atoms with Gasteiger partial charge in [-0.3, -0.25) is 10.1 Å². The molecule has 1 saturated heterocycles. The van der Waals surface area contributed by atoms with Crippen LogP contribution in [0.4, 0.5) is 5.69 Å². The summed E-state index contributed by atoms with van der Waals surface area (Å²) in [6, 6.07) is 5.27. The highest BCUT2D eigenvalue weighted by Crippen LogP contribution is 2.23. The topological polar surface area (TPSA) is 64.4 Å². The van der Waals surface area contributed by atoms with Crippen molar-refractivity contribution in [2.45, 2.75) is 25.8 Å². The normalized spacial score (nSPS) is 19.2. The summed E-state index contributed by atoms with van der Waals surface area (Å²) in [7, 11) is 0. The fourth-order valence-corrected chi connectivity index (χ4v) is 2.02. The number of nitrogens with zero attached hydrogens (tertiary/aromatic N) is 1. The van der Waals surface area contributed by atoms with Gasteiger partial charge in [-0.2, -0.15) is 0 Å². The van der Waals surface area contributed by atoms with Crippen molar-refractivity contribution in [3.8, 4) is 5.75 Å². The molecule has 17 heavy (non-hydrogen) atoms. The van der Waals surface area contributed by atoms with E-state index in [-0.39, 0.29) is 10.6 Å². The van der Waals surface area contributed by atoms with Crippen molar-refractivity contribution in [2.75, 3.05) is 13.2 Å². The SMILES string of the molecule is Cc1cc(OC[C@H]2CCCN2)ccc1[N+](=O)[O-]. The van der Waals surface area contributed by atoms with E-state index in [0.717, 1.165) is 13.0 Å². The highest BCUT2D eigenvalue weighted by molar-refractivity contribution is 5.44. The van der Waals surface area contributed by atoms with Crippen LogP contribution in [0.15, 0.2) is 18.2 Å². The van der Waals surface area contributed by atoms with E-state index in [0.29, 0.717) is 24.0 Å². The molecule has 0 radical (unpaired) electrons. The lowest BCUT2D eigenvalue weighted by Crippen LogP contribution is -2.28. The van der Waals surface area contributed by atoms with E-state index in [4.69, 9.17) is 4.74 Å². The monoisotopic (exact) mass is 236 g/mol. The first kappa shape index (κ1) is 11.9. The summed E-state index contributed by atoms with van der Waals surface area (Å²) in [4.78, 5) is 10.3. The molecule has 0 aromatic heterocycles. The molecule has 5 nitrogen and oxygen atoms in total. The van der Waals surface area contributed by atoms with Gasteiger partial charge in [-0.15, -0.1) is 0 Å². The zero-order valence-electron chi connectivity index (χ0n) is 9.81. The van der Waals surface area contributed by atoms with Crippen LogP contribution in [-0.2, 0) is 0 Å². The van der Waals surface area contributed by atoms with E-state index in [1.165, 1.54) is 12.5 Å². The van der Waals surface area contributed by atoms with Crippen LogP contribution in [0.25, 0.3) is 0 Å². The van der Waals surface area contributed by atoms with Crippen molar-refractivity contribution in [3.05, 3.63) is 33.9 Å². The maximum Gasteiger partial charge on any atom is 0.272 e. The third kappa shape index (κ3) is 2.94. The molecule has 1 fully saturated rings. The molecule has 1 aromatic rings. The van der Waals surface area contributed by atoms with Gasteiger partial charge in [0.25, 0.3) is 5.69 Å². The molecule has 1 heterocycles. The standard InChI is InChI=1S/C12H16N2O3/c1-9-7-11(4-5-12(9)14(15)16)17-8-10-3-2-6-13-10/h4-5,7,10,13H,2-3,6,8H2,1H3/t10-/m1/s1. The lowest BCUT2D eigenvalue weighted by Gasteiger charge is -2.12. The summed E-state index contributed by atoms with van der Waals surface area (Å²) in [5.41, 5.74) is 0.767. The molecule has 5 heteroatoms. The maximum atomic E-state index is 10.7. The van der Waals surface area contributed by atoms with Crippen LogP contribution < -0.4 is 10.1 Å². The zero-order valence-corrected chi connectivity index (χ0v) is 9.81. The zero-order chi connectivity index (χ0) is 12.3. The predicted molar refractivity (Wildman–Crippen MR) is 64.4 cm³/mol. The first-order chi connectivity index (χ1) is 8.16. The highest BCUT2D eigenvalue weighted by atomic mass is 16.6. The molecular formula is C12H16N2O3. The maximum absolute atomic E-state index is 10.7. The van der Waals surface area contributed by atoms with Gasteiger partial charge in [-0.05, 0) is 38.4 Å². The van der Waals surface area contributed by atoms with Crippen LogP contribution in [0.5, 0.6) is 5.75 Å². The molecule has 0 unspecified atom stereocenters. The van der Waals surface area contributed by atoms with Gasteiger partial charge >= 0.3 is 0 Å². The fourth-order valence-electron chi connectivity index (χ4n) is 2.02. The molecule has 1 aliphatic rings. The second kappa shape index (κ2) is 5.14. The van der Waals surface area contributed by atoms with Crippen molar-refractivity contribution < 1.29 is 9.66 Å². The minimum atomic E-state index is -0.377. The van der Waals surface area contributed by atoms with Crippen LogP contribution in [0.3, 0.4) is 0 Å². The number of aryl methyl sites for hydroxylation is 1. The molecule has 1 N–H and O–H groups in total. The third-order valence-corrected chi connectivity index (χ3v) is 2.98. The largest absolute Gasteiger partial charge is 0.492 e. The Morgan fingerprint density at radius 1 is 1.59 bits per heavy atom. The van der Waals surface area contributed by atoms with Gasteiger partial charge in [-0.25, -0.2) is 0 Å². The van der Waals surface area contributed by atoms with Crippen molar-refractivity contribution in [1.82, 2.24) is 5.32 Å². The summed E-state index contributed by atoms with van der Waals surface area (Å²) in [5.74, 6) is 0.696. The van der Waals surface area contributed by atoms with Crippen molar-refractivity contribution >= 4 is 5.69 Å². The van der Waals surface area contributed by atoms with Gasteiger partial charge in [0.1, 0.15) is 12.4 Å². The average molecular weight is 236 g/mol. The van der Waals surface area contributed by atoms with Crippen molar-refractivity contribution in [2.24, 2.45) is 0 Å². The first-order valence-electron chi connectivity index (χ1n) is 5.78. The Morgan fingerprint density at radius 2 is 2.41 bits per heavy atom. The molecular weight excluding hydrogens is 220 g/mol. The Hall–Kier alpha value is -1.62. The van der Waals surface area contributed by atoms with Crippen LogP contribution in [0.2, 0.25) is 0 Å². The molecule has 0 amide bonds. The average Bonchev–Trinajstić information content (AvgIpc) is 2.78. The number of hydrogen-bond donors (Lipinski definition) is 1. The fraction of sp³-hybridized carbons (Fsp3) is 0.500. The number of benzene rings is 1. The quantitative estimate of drug-likeness (QED) is 0.641. The number of rotatable bonds is 4. The number of nitrogens with one attached hydrogen (secondary N) is 1. The van der Waals surface area contributed by atoms with Crippen LogP contribution in [0.1, 0.15) is 18.4 Å². The lowest BCUT2D eigenvalue weighted by molar-refractivity contribution is -0.385. The number of nitro benzene ring substituents is 1. The van der Waals surface area contributed by atoms with Crippen LogP contribution in [0, 0.1) is 17.0 Å². The van der Waals surface area contributed by atoms with E-state index in [2.05, 4.69) is 5.32 Å². The summed E-state index contributed by atoms with van der Waals surface area (Å²) in [6.45, 7) is 3.39. The predicted octanol–water partition coefficient (Wildman–Crippen LogP) is 2.03. The number of nitro groups is 1.